The molecule has 0 saturated heterocycles. The minimum atomic E-state index is -5.08. The van der Waals surface area contributed by atoms with Crippen LogP contribution < -0.4 is 14.8 Å². The highest BCUT2D eigenvalue weighted by atomic mass is 19.4. The molecule has 2 aromatic carbocycles. The first-order valence-corrected chi connectivity index (χ1v) is 12.6. The van der Waals surface area contributed by atoms with E-state index in [4.69, 9.17) is 19.4 Å². The number of carbonyl (C=O) groups excluding carboxylic acids is 1. The van der Waals surface area contributed by atoms with Crippen LogP contribution in [0, 0.1) is 0 Å². The predicted octanol–water partition coefficient (Wildman–Crippen LogP) is 5.49. The van der Waals surface area contributed by atoms with Crippen molar-refractivity contribution in [3.63, 3.8) is 0 Å². The molecule has 1 amide bonds. The third kappa shape index (κ3) is 8.23. The van der Waals surface area contributed by atoms with Crippen molar-refractivity contribution in [2.45, 2.75) is 33.0 Å². The summed E-state index contributed by atoms with van der Waals surface area (Å²) >= 11 is 0. The van der Waals surface area contributed by atoms with E-state index in [1.807, 2.05) is 85.1 Å². The van der Waals surface area contributed by atoms with E-state index in [0.717, 1.165) is 33.7 Å². The number of fused-ring (bicyclic) bond motifs is 1. The number of aromatic nitrogens is 2. The number of carboxylic acids is 1. The number of carboxylic acid groups (broad SMARTS) is 1. The summed E-state index contributed by atoms with van der Waals surface area (Å²) in [5.41, 5.74) is 3.63. The summed E-state index contributed by atoms with van der Waals surface area (Å²) in [7, 11) is 0. The smallest absolute Gasteiger partial charge is 0.490 e. The number of para-hydroxylation sites is 1. The summed E-state index contributed by atoms with van der Waals surface area (Å²) in [4.78, 5) is 26.5. The van der Waals surface area contributed by atoms with E-state index in [1.54, 1.807) is 6.20 Å². The van der Waals surface area contributed by atoms with Crippen LogP contribution >= 0.6 is 0 Å². The van der Waals surface area contributed by atoms with Crippen molar-refractivity contribution in [2.24, 2.45) is 0 Å². The third-order valence-corrected chi connectivity index (χ3v) is 5.64. The molecular weight excluding hydrogens is 527 g/mol. The van der Waals surface area contributed by atoms with Gasteiger partial charge >= 0.3 is 12.1 Å². The molecule has 0 aliphatic heterocycles. The van der Waals surface area contributed by atoms with E-state index in [2.05, 4.69) is 10.3 Å². The Morgan fingerprint density at radius 1 is 0.950 bits per heavy atom. The largest absolute Gasteiger partial charge is 0.490 e. The van der Waals surface area contributed by atoms with E-state index in [9.17, 15) is 18.0 Å². The lowest BCUT2D eigenvalue weighted by Gasteiger charge is -2.13. The Bertz CT molecular complexity index is 1420. The number of amides is 1. The molecule has 0 atom stereocenters. The Balaban J connectivity index is 0.000000559. The zero-order valence-electron chi connectivity index (χ0n) is 22.1. The summed E-state index contributed by atoms with van der Waals surface area (Å²) in [5.74, 6) is -1.38. The standard InChI is InChI=1S/C27H29N3O3.C2HF3O2/c1-3-32-25-13-12-20(17-26(25)33-4-2)14-16-29-27(31)24-18-21-9-5-6-11-23(21)30(24)19-22-10-7-8-15-28-22;3-2(4,5)1(6)7/h5-13,15,17-18H,3-4,14,16,19H2,1-2H3,(H,29,31);(H,6,7). The topological polar surface area (TPSA) is 103 Å². The number of hydrogen-bond donors (Lipinski definition) is 2. The number of hydrogen-bond acceptors (Lipinski definition) is 5. The number of benzene rings is 2. The lowest BCUT2D eigenvalue weighted by molar-refractivity contribution is -0.192. The summed E-state index contributed by atoms with van der Waals surface area (Å²) < 4.78 is 45.1. The molecule has 0 aliphatic carbocycles. The number of rotatable bonds is 10. The normalized spacial score (nSPS) is 10.9. The van der Waals surface area contributed by atoms with Gasteiger partial charge in [0.1, 0.15) is 5.69 Å². The Hall–Kier alpha value is -4.54. The van der Waals surface area contributed by atoms with Gasteiger partial charge < -0.3 is 24.5 Å². The van der Waals surface area contributed by atoms with Gasteiger partial charge in [0.2, 0.25) is 0 Å². The lowest BCUT2D eigenvalue weighted by Crippen LogP contribution is -2.28. The van der Waals surface area contributed by atoms with Gasteiger partial charge in [0.25, 0.3) is 5.91 Å². The van der Waals surface area contributed by atoms with Gasteiger partial charge in [-0.2, -0.15) is 13.2 Å². The van der Waals surface area contributed by atoms with Crippen molar-refractivity contribution in [3.05, 3.63) is 89.9 Å². The second-order valence-corrected chi connectivity index (χ2v) is 8.45. The van der Waals surface area contributed by atoms with Crippen molar-refractivity contribution in [1.82, 2.24) is 14.9 Å². The van der Waals surface area contributed by atoms with E-state index in [1.165, 1.54) is 0 Å². The molecule has 212 valence electrons. The van der Waals surface area contributed by atoms with Crippen LogP contribution in [0.2, 0.25) is 0 Å². The average Bonchev–Trinajstić information content (AvgIpc) is 3.29. The predicted molar refractivity (Wildman–Crippen MR) is 144 cm³/mol. The van der Waals surface area contributed by atoms with Crippen LogP contribution in [0.5, 0.6) is 11.5 Å². The molecule has 2 N–H and O–H groups in total. The maximum absolute atomic E-state index is 13.1. The molecule has 4 rings (SSSR count). The van der Waals surface area contributed by atoms with Gasteiger partial charge in [0.15, 0.2) is 11.5 Å². The molecule has 4 aromatic rings. The van der Waals surface area contributed by atoms with Gasteiger partial charge in [-0.15, -0.1) is 0 Å². The van der Waals surface area contributed by atoms with Crippen LogP contribution in [0.25, 0.3) is 10.9 Å². The van der Waals surface area contributed by atoms with Crippen molar-refractivity contribution in [2.75, 3.05) is 19.8 Å². The molecule has 0 spiro atoms. The van der Waals surface area contributed by atoms with Gasteiger partial charge in [0.05, 0.1) is 25.5 Å². The molecule has 2 heterocycles. The van der Waals surface area contributed by atoms with Crippen LogP contribution in [0.15, 0.2) is 72.9 Å². The van der Waals surface area contributed by atoms with Crippen molar-refractivity contribution >= 4 is 22.8 Å². The molecule has 0 bridgehead atoms. The van der Waals surface area contributed by atoms with Crippen LogP contribution in [0.3, 0.4) is 0 Å². The molecule has 11 heteroatoms. The molecular formula is C29H30F3N3O5. The molecule has 8 nitrogen and oxygen atoms in total. The molecule has 40 heavy (non-hydrogen) atoms. The van der Waals surface area contributed by atoms with Gasteiger partial charge in [-0.25, -0.2) is 4.79 Å². The SMILES string of the molecule is CCOc1ccc(CCNC(=O)c2cc3ccccc3n2Cc2ccccn2)cc1OCC.O=C(O)C(F)(F)F. The molecule has 0 fully saturated rings. The zero-order valence-corrected chi connectivity index (χ0v) is 22.1. The Kier molecular flexibility index (Phi) is 10.5. The lowest BCUT2D eigenvalue weighted by atomic mass is 10.1. The number of alkyl halides is 3. The van der Waals surface area contributed by atoms with Crippen molar-refractivity contribution < 1.29 is 37.3 Å². The quantitative estimate of drug-likeness (QED) is 0.268. The molecule has 2 aromatic heterocycles. The summed E-state index contributed by atoms with van der Waals surface area (Å²) in [6, 6.07) is 21.7. The van der Waals surface area contributed by atoms with Crippen LogP contribution in [-0.2, 0) is 17.8 Å². The number of ether oxygens (including phenoxy) is 2. The second kappa shape index (κ2) is 14.0. The van der Waals surface area contributed by atoms with Crippen molar-refractivity contribution in [1.29, 1.82) is 0 Å². The fourth-order valence-corrected chi connectivity index (χ4v) is 3.88. The number of nitrogens with zero attached hydrogens (tertiary/aromatic N) is 2. The Labute approximate surface area is 229 Å². The fraction of sp³-hybridized carbons (Fsp3) is 0.276. The summed E-state index contributed by atoms with van der Waals surface area (Å²) in [6.45, 7) is 6.11. The highest BCUT2D eigenvalue weighted by molar-refractivity contribution is 5.98. The highest BCUT2D eigenvalue weighted by Gasteiger charge is 2.38. The molecule has 0 unspecified atom stereocenters. The first-order chi connectivity index (χ1) is 19.1. The number of pyridine rings is 1. The summed E-state index contributed by atoms with van der Waals surface area (Å²) in [5, 5.41) is 11.2. The van der Waals surface area contributed by atoms with Crippen LogP contribution in [0.1, 0.15) is 35.6 Å². The molecule has 0 aliphatic rings. The van der Waals surface area contributed by atoms with Gasteiger partial charge in [-0.05, 0) is 62.2 Å². The monoisotopic (exact) mass is 557 g/mol. The third-order valence-electron chi connectivity index (χ3n) is 5.64. The minimum Gasteiger partial charge on any atom is -0.490 e. The van der Waals surface area contributed by atoms with E-state index >= 15 is 0 Å². The number of carbonyl (C=O) groups is 2. The second-order valence-electron chi connectivity index (χ2n) is 8.45. The number of halogens is 3. The van der Waals surface area contributed by atoms with E-state index < -0.39 is 12.1 Å². The Morgan fingerprint density at radius 3 is 2.27 bits per heavy atom. The average molecular weight is 558 g/mol. The zero-order chi connectivity index (χ0) is 29.1. The number of aliphatic carboxylic acids is 1. The van der Waals surface area contributed by atoms with E-state index in [0.29, 0.717) is 38.4 Å². The summed E-state index contributed by atoms with van der Waals surface area (Å²) in [6.07, 6.45) is -2.62. The highest BCUT2D eigenvalue weighted by Crippen LogP contribution is 2.28. The minimum absolute atomic E-state index is 0.0990. The van der Waals surface area contributed by atoms with Crippen LogP contribution in [-0.4, -0.2) is 52.5 Å². The van der Waals surface area contributed by atoms with Gasteiger partial charge in [-0.3, -0.25) is 9.78 Å². The number of nitrogens with one attached hydrogen (secondary N) is 1. The van der Waals surface area contributed by atoms with Gasteiger partial charge in [0, 0.05) is 23.6 Å². The maximum Gasteiger partial charge on any atom is 0.490 e. The van der Waals surface area contributed by atoms with E-state index in [-0.39, 0.29) is 5.91 Å². The van der Waals surface area contributed by atoms with Gasteiger partial charge in [-0.1, -0.05) is 30.3 Å². The maximum atomic E-state index is 13.1. The Morgan fingerprint density at radius 2 is 1.62 bits per heavy atom. The van der Waals surface area contributed by atoms with Crippen molar-refractivity contribution in [3.8, 4) is 11.5 Å². The fourth-order valence-electron chi connectivity index (χ4n) is 3.88. The molecule has 0 radical (unpaired) electrons. The molecule has 0 saturated carbocycles. The first kappa shape index (κ1) is 30.0. The van der Waals surface area contributed by atoms with Crippen LogP contribution in [0.4, 0.5) is 13.2 Å². The first-order valence-electron chi connectivity index (χ1n) is 12.6.